The van der Waals surface area contributed by atoms with Gasteiger partial charge in [0.1, 0.15) is 6.04 Å². The molecule has 18 nitrogen and oxygen atoms in total. The molecule has 2 aromatic carbocycles. The Kier molecular flexibility index (Phi) is 20.9. The van der Waals surface area contributed by atoms with Crippen LogP contribution in [0.1, 0.15) is 103 Å². The first kappa shape index (κ1) is 57.3. The molecule has 10 atom stereocenters. The summed E-state index contributed by atoms with van der Waals surface area (Å²) < 4.78 is 12.1. The van der Waals surface area contributed by atoms with Crippen LogP contribution in [-0.2, 0) is 60.8 Å². The average Bonchev–Trinajstić information content (AvgIpc) is 4.22. The number of nitrogens with one attached hydrogen (secondary N) is 3. The summed E-state index contributed by atoms with van der Waals surface area (Å²) in [4.78, 5) is 114. The van der Waals surface area contributed by atoms with Crippen molar-refractivity contribution >= 4 is 52.9 Å². The molecule has 0 spiro atoms. The summed E-state index contributed by atoms with van der Waals surface area (Å²) in [5.74, 6) is -2.53. The van der Waals surface area contributed by atoms with E-state index in [1.165, 1.54) is 29.1 Å². The maximum atomic E-state index is 14.4. The number of unbranched alkanes of at least 4 members (excludes halogenated alkanes) is 2. The van der Waals surface area contributed by atoms with E-state index < -0.39 is 42.2 Å². The molecule has 8 unspecified atom stereocenters. The Hall–Kier alpha value is -5.98. The third-order valence-electron chi connectivity index (χ3n) is 16.1. The standard InChI is InChI=1S/C56H80N8O10/c1-9-36(2)51(62(6)50(69)35-58-55(71)52-40-23-26-42(32-40)60(52)4)45(73-7)33-49(68)63-30-16-19-44(63)53(74-8)37(3)54(70)59-43(31-38-17-12-10-13-18-38)56(72)61(5)41-24-21-39(22-25-41)34-57-46(65)20-14-11-15-29-64-47(66)27-28-48(64)67/h10,12-13,17-18,21-22,24-25,27-28,36-37,40,42-45,51-53H,9,11,14-16,19-20,23,26,29-35H2,1-8H3,(H,57,65)(H,58,71)(H,59,70)/t36?,37?,40?,42?,43-,44-,45?,51?,52?,53?/m0/s1. The predicted molar refractivity (Wildman–Crippen MR) is 280 cm³/mol. The summed E-state index contributed by atoms with van der Waals surface area (Å²) in [6, 6.07) is 15.0. The number of likely N-dealkylation sites (N-methyl/N-ethyl adjacent to an activating group) is 3. The van der Waals surface area contributed by atoms with E-state index in [-0.39, 0.29) is 72.7 Å². The number of nitrogens with zero attached hydrogens (tertiary/aromatic N) is 5. The number of hydrogen-bond donors (Lipinski definition) is 3. The Morgan fingerprint density at radius 2 is 1.54 bits per heavy atom. The van der Waals surface area contributed by atoms with Crippen LogP contribution in [-0.4, -0.2) is 164 Å². The molecule has 6 rings (SSSR count). The number of anilines is 1. The minimum atomic E-state index is -0.949. The number of fused-ring (bicyclic) bond motifs is 2. The van der Waals surface area contributed by atoms with E-state index in [2.05, 4.69) is 20.9 Å². The number of benzene rings is 2. The fraction of sp³-hybridized carbons (Fsp3) is 0.607. The van der Waals surface area contributed by atoms with E-state index in [1.807, 2.05) is 63.4 Å². The summed E-state index contributed by atoms with van der Waals surface area (Å²) in [5.41, 5.74) is 2.28. The van der Waals surface area contributed by atoms with Crippen LogP contribution in [0.2, 0.25) is 0 Å². The molecule has 8 amide bonds. The quantitative estimate of drug-likeness (QED) is 0.0862. The number of amides is 8. The number of hydrogen-bond acceptors (Lipinski definition) is 11. The van der Waals surface area contributed by atoms with Gasteiger partial charge in [-0.25, -0.2) is 0 Å². The second-order valence-corrected chi connectivity index (χ2v) is 20.8. The van der Waals surface area contributed by atoms with Crippen molar-refractivity contribution in [2.24, 2.45) is 17.8 Å². The lowest BCUT2D eigenvalue weighted by molar-refractivity contribution is -0.146. The molecular weight excluding hydrogens is 945 g/mol. The van der Waals surface area contributed by atoms with Gasteiger partial charge in [-0.15, -0.1) is 0 Å². The molecule has 18 heteroatoms. The number of imide groups is 1. The third kappa shape index (κ3) is 14.2. The number of methoxy groups -OCH3 is 2. The fourth-order valence-corrected chi connectivity index (χ4v) is 11.5. The molecule has 404 valence electrons. The van der Waals surface area contributed by atoms with Crippen molar-refractivity contribution in [2.75, 3.05) is 59.9 Å². The topological polar surface area (TPSA) is 207 Å². The first-order valence-corrected chi connectivity index (χ1v) is 26.6. The van der Waals surface area contributed by atoms with E-state index in [4.69, 9.17) is 9.47 Å². The Morgan fingerprint density at radius 3 is 2.18 bits per heavy atom. The third-order valence-corrected chi connectivity index (χ3v) is 16.1. The van der Waals surface area contributed by atoms with Gasteiger partial charge >= 0.3 is 0 Å². The first-order chi connectivity index (χ1) is 35.5. The number of carbonyl (C=O) groups excluding carboxylic acids is 8. The van der Waals surface area contributed by atoms with Crippen LogP contribution >= 0.6 is 0 Å². The van der Waals surface area contributed by atoms with E-state index in [0.717, 1.165) is 36.8 Å². The van der Waals surface area contributed by atoms with Crippen molar-refractivity contribution < 1.29 is 47.8 Å². The van der Waals surface area contributed by atoms with Crippen LogP contribution in [0.5, 0.6) is 0 Å². The Bertz CT molecular complexity index is 2290. The van der Waals surface area contributed by atoms with Gasteiger partial charge in [0.25, 0.3) is 11.8 Å². The molecule has 2 saturated heterocycles. The van der Waals surface area contributed by atoms with Gasteiger partial charge in [-0.2, -0.15) is 0 Å². The second kappa shape index (κ2) is 27.0. The molecule has 3 aliphatic heterocycles. The van der Waals surface area contributed by atoms with Crippen molar-refractivity contribution in [1.82, 2.24) is 35.6 Å². The second-order valence-electron chi connectivity index (χ2n) is 20.8. The number of carbonyl (C=O) groups is 8. The predicted octanol–water partition coefficient (Wildman–Crippen LogP) is 4.00. The fourth-order valence-electron chi connectivity index (χ4n) is 11.5. The van der Waals surface area contributed by atoms with Gasteiger partial charge in [-0.3, -0.25) is 48.2 Å². The smallest absolute Gasteiger partial charge is 0.253 e. The molecule has 0 aromatic heterocycles. The molecule has 3 fully saturated rings. The van der Waals surface area contributed by atoms with Crippen LogP contribution in [0.4, 0.5) is 5.69 Å². The van der Waals surface area contributed by atoms with Gasteiger partial charge in [0.15, 0.2) is 0 Å². The van der Waals surface area contributed by atoms with Crippen molar-refractivity contribution in [3.05, 3.63) is 77.9 Å². The lowest BCUT2D eigenvalue weighted by atomic mass is 9.90. The number of likely N-dealkylation sites (tertiary alicyclic amines) is 2. The van der Waals surface area contributed by atoms with Gasteiger partial charge in [0, 0.05) is 84.7 Å². The average molecular weight is 1030 g/mol. The molecule has 4 aliphatic rings. The Morgan fingerprint density at radius 1 is 0.838 bits per heavy atom. The molecule has 2 bridgehead atoms. The molecule has 74 heavy (non-hydrogen) atoms. The van der Waals surface area contributed by atoms with Crippen molar-refractivity contribution in [3.63, 3.8) is 0 Å². The summed E-state index contributed by atoms with van der Waals surface area (Å²) in [6.45, 7) is 6.74. The maximum Gasteiger partial charge on any atom is 0.253 e. The van der Waals surface area contributed by atoms with Crippen molar-refractivity contribution in [2.45, 2.75) is 147 Å². The minimum Gasteiger partial charge on any atom is -0.379 e. The highest BCUT2D eigenvalue weighted by Gasteiger charge is 2.48. The van der Waals surface area contributed by atoms with E-state index in [0.29, 0.717) is 75.8 Å². The normalized spacial score (nSPS) is 21.7. The van der Waals surface area contributed by atoms with E-state index >= 15 is 0 Å². The van der Waals surface area contributed by atoms with Crippen LogP contribution in [0.25, 0.3) is 0 Å². The lowest BCUT2D eigenvalue weighted by Crippen LogP contribution is -2.56. The molecular formula is C56H80N8O10. The molecule has 0 radical (unpaired) electrons. The van der Waals surface area contributed by atoms with Gasteiger partial charge in [0.2, 0.25) is 35.4 Å². The number of ether oxygens (including phenoxy) is 2. The molecule has 1 aliphatic carbocycles. The minimum absolute atomic E-state index is 0.0107. The summed E-state index contributed by atoms with van der Waals surface area (Å²) in [5, 5.41) is 8.87. The van der Waals surface area contributed by atoms with E-state index in [1.54, 1.807) is 50.1 Å². The summed E-state index contributed by atoms with van der Waals surface area (Å²) in [7, 11) is 8.42. The highest BCUT2D eigenvalue weighted by Crippen LogP contribution is 2.41. The highest BCUT2D eigenvalue weighted by molar-refractivity contribution is 6.12. The number of rotatable bonds is 27. The zero-order valence-electron chi connectivity index (χ0n) is 44.8. The van der Waals surface area contributed by atoms with Crippen LogP contribution < -0.4 is 20.9 Å². The largest absolute Gasteiger partial charge is 0.379 e. The SMILES string of the molecule is CCC(C)C(C(CC(=O)N1CCC[C@H]1C(OC)C(C)C(=O)N[C@@H](Cc1ccccc1)C(=O)N(C)c1ccc(CNC(=O)CCCCCN2C(=O)C=CC2=O)cc1)OC)N(C)C(=O)CNC(=O)C1C2CCC(C2)N1C. The summed E-state index contributed by atoms with van der Waals surface area (Å²) in [6.07, 6.45) is 8.78. The van der Waals surface area contributed by atoms with Gasteiger partial charge < -0.3 is 40.1 Å². The van der Waals surface area contributed by atoms with Crippen LogP contribution in [0.3, 0.4) is 0 Å². The zero-order valence-corrected chi connectivity index (χ0v) is 44.8. The van der Waals surface area contributed by atoms with Gasteiger partial charge in [-0.05, 0) is 87.1 Å². The zero-order chi connectivity index (χ0) is 53.6. The number of piperidine rings is 1. The molecule has 3 N–H and O–H groups in total. The molecule has 1 saturated carbocycles. The van der Waals surface area contributed by atoms with Crippen LogP contribution in [0.15, 0.2) is 66.7 Å². The van der Waals surface area contributed by atoms with Gasteiger partial charge in [-0.1, -0.05) is 76.1 Å². The van der Waals surface area contributed by atoms with Crippen LogP contribution in [0, 0.1) is 17.8 Å². The monoisotopic (exact) mass is 1020 g/mol. The maximum absolute atomic E-state index is 14.4. The van der Waals surface area contributed by atoms with E-state index in [9.17, 15) is 38.4 Å². The Labute approximate surface area is 437 Å². The lowest BCUT2D eigenvalue weighted by Gasteiger charge is -2.39. The highest BCUT2D eigenvalue weighted by atomic mass is 16.5. The summed E-state index contributed by atoms with van der Waals surface area (Å²) >= 11 is 0. The van der Waals surface area contributed by atoms with Gasteiger partial charge in [0.05, 0.1) is 49.2 Å². The van der Waals surface area contributed by atoms with Crippen molar-refractivity contribution in [3.8, 4) is 0 Å². The molecule has 3 heterocycles. The molecule has 2 aromatic rings. The Balaban J connectivity index is 1.04. The first-order valence-electron chi connectivity index (χ1n) is 26.6. The van der Waals surface area contributed by atoms with Crippen molar-refractivity contribution in [1.29, 1.82) is 0 Å².